The van der Waals surface area contributed by atoms with Crippen molar-refractivity contribution >= 4 is 33.7 Å². The van der Waals surface area contributed by atoms with Crippen LogP contribution in [-0.4, -0.2) is 18.6 Å². The molecule has 19 heavy (non-hydrogen) atoms. The Morgan fingerprint density at radius 2 is 2.16 bits per heavy atom. The third-order valence-corrected chi connectivity index (χ3v) is 3.52. The van der Waals surface area contributed by atoms with E-state index in [1.54, 1.807) is 6.07 Å². The summed E-state index contributed by atoms with van der Waals surface area (Å²) in [7, 11) is 1.10. The topological polar surface area (TPSA) is 50.1 Å². The van der Waals surface area contributed by atoms with Crippen molar-refractivity contribution in [2.75, 3.05) is 7.11 Å². The molecule has 0 fully saturated rings. The lowest BCUT2D eigenvalue weighted by Gasteiger charge is -2.12. The zero-order valence-electron chi connectivity index (χ0n) is 9.55. The molecule has 0 saturated heterocycles. The van der Waals surface area contributed by atoms with Crippen LogP contribution in [0.4, 0.5) is 13.2 Å². The normalized spacial score (nSPS) is 10.9. The Bertz CT molecular complexity index is 540. The molecule has 0 N–H and O–H groups in total. The van der Waals surface area contributed by atoms with Gasteiger partial charge < -0.3 is 4.74 Å². The van der Waals surface area contributed by atoms with E-state index >= 15 is 0 Å². The molecule has 102 valence electrons. The molecular weight excluding hydrogens is 347 g/mol. The number of hydrogen-bond donors (Lipinski definition) is 0. The van der Waals surface area contributed by atoms with Crippen molar-refractivity contribution in [3.63, 3.8) is 0 Å². The highest BCUT2D eigenvalue weighted by molar-refractivity contribution is 9.08. The first-order valence-electron chi connectivity index (χ1n) is 4.80. The van der Waals surface area contributed by atoms with Gasteiger partial charge in [0.25, 0.3) is 0 Å². The number of nitriles is 1. The lowest BCUT2D eigenvalue weighted by Crippen LogP contribution is -2.10. The number of thioether (sulfide) groups is 1. The number of methoxy groups -OCH3 is 1. The van der Waals surface area contributed by atoms with Gasteiger partial charge in [0.05, 0.1) is 18.2 Å². The smallest absolute Gasteiger partial charge is 0.446 e. The molecule has 0 aliphatic rings. The van der Waals surface area contributed by atoms with E-state index in [1.165, 1.54) is 12.1 Å². The second-order valence-electron chi connectivity index (χ2n) is 3.26. The number of carbonyl (C=O) groups excluding carboxylic acids is 1. The number of halogens is 4. The third-order valence-electron chi connectivity index (χ3n) is 2.12. The lowest BCUT2D eigenvalue weighted by atomic mass is 10.0. The van der Waals surface area contributed by atoms with Crippen molar-refractivity contribution in [3.8, 4) is 6.07 Å². The van der Waals surface area contributed by atoms with Gasteiger partial charge in [0, 0.05) is 10.2 Å². The van der Waals surface area contributed by atoms with Crippen LogP contribution in [0.3, 0.4) is 0 Å². The van der Waals surface area contributed by atoms with Gasteiger partial charge >= 0.3 is 11.5 Å². The summed E-state index contributed by atoms with van der Waals surface area (Å²) in [4.78, 5) is 11.3. The molecule has 0 saturated carbocycles. The Morgan fingerprint density at radius 1 is 1.53 bits per heavy atom. The summed E-state index contributed by atoms with van der Waals surface area (Å²) >= 11 is 2.68. The van der Waals surface area contributed by atoms with Gasteiger partial charge in [-0.2, -0.15) is 18.4 Å². The molecule has 0 aromatic heterocycles. The van der Waals surface area contributed by atoms with Crippen LogP contribution in [-0.2, 0) is 10.1 Å². The van der Waals surface area contributed by atoms with E-state index in [0.29, 0.717) is 5.56 Å². The predicted molar refractivity (Wildman–Crippen MR) is 67.0 cm³/mol. The number of esters is 1. The van der Waals surface area contributed by atoms with Crippen LogP contribution < -0.4 is 0 Å². The number of carbonyl (C=O) groups is 1. The summed E-state index contributed by atoms with van der Waals surface area (Å²) < 4.78 is 41.7. The average Bonchev–Trinajstić information content (AvgIpc) is 2.35. The quantitative estimate of drug-likeness (QED) is 0.470. The number of hydrogen-bond acceptors (Lipinski definition) is 4. The lowest BCUT2D eigenvalue weighted by molar-refractivity contribution is -0.0328. The highest BCUT2D eigenvalue weighted by Crippen LogP contribution is 2.40. The van der Waals surface area contributed by atoms with Gasteiger partial charge in [-0.1, -0.05) is 22.0 Å². The van der Waals surface area contributed by atoms with Crippen LogP contribution in [0.1, 0.15) is 21.5 Å². The molecule has 0 heterocycles. The van der Waals surface area contributed by atoms with Crippen molar-refractivity contribution in [3.05, 3.63) is 28.8 Å². The van der Waals surface area contributed by atoms with E-state index in [2.05, 4.69) is 20.7 Å². The van der Waals surface area contributed by atoms with E-state index < -0.39 is 23.2 Å². The van der Waals surface area contributed by atoms with Crippen LogP contribution in [0.5, 0.6) is 0 Å². The first-order chi connectivity index (χ1) is 8.84. The van der Waals surface area contributed by atoms with E-state index in [4.69, 9.17) is 5.26 Å². The van der Waals surface area contributed by atoms with Gasteiger partial charge in [-0.25, -0.2) is 4.79 Å². The minimum Gasteiger partial charge on any atom is -0.465 e. The molecule has 8 heteroatoms. The van der Waals surface area contributed by atoms with Gasteiger partial charge in [0.2, 0.25) is 0 Å². The maximum Gasteiger partial charge on any atom is 0.446 e. The average molecular weight is 354 g/mol. The summed E-state index contributed by atoms with van der Waals surface area (Å²) in [6.07, 6.45) is 0. The Morgan fingerprint density at radius 3 is 2.58 bits per heavy atom. The molecule has 0 unspecified atom stereocenters. The summed E-state index contributed by atoms with van der Waals surface area (Å²) in [5.41, 5.74) is -4.60. The summed E-state index contributed by atoms with van der Waals surface area (Å²) in [5, 5.41) is 9.23. The van der Waals surface area contributed by atoms with E-state index in [-0.39, 0.29) is 21.4 Å². The second kappa shape index (κ2) is 6.30. The minimum absolute atomic E-state index is 0.142. The fourth-order valence-electron chi connectivity index (χ4n) is 1.39. The summed E-state index contributed by atoms with van der Waals surface area (Å²) in [5.74, 6) is -0.837. The molecule has 0 aliphatic carbocycles. The maximum atomic E-state index is 12.4. The van der Waals surface area contributed by atoms with Crippen LogP contribution in [0.2, 0.25) is 0 Å². The zero-order chi connectivity index (χ0) is 14.6. The van der Waals surface area contributed by atoms with Crippen LogP contribution in [0.25, 0.3) is 0 Å². The minimum atomic E-state index is -4.53. The Hall–Kier alpha value is -1.20. The number of nitrogens with zero attached hydrogens (tertiary/aromatic N) is 1. The number of alkyl halides is 4. The molecule has 1 aromatic carbocycles. The molecule has 0 bridgehead atoms. The van der Waals surface area contributed by atoms with Crippen molar-refractivity contribution in [2.24, 2.45) is 0 Å². The van der Waals surface area contributed by atoms with Crippen molar-refractivity contribution in [1.82, 2.24) is 0 Å². The largest absolute Gasteiger partial charge is 0.465 e. The SMILES string of the molecule is COC(=O)c1c(CBr)ccc(SC(F)(F)F)c1C#N. The number of benzene rings is 1. The first-order valence-corrected chi connectivity index (χ1v) is 6.73. The maximum absolute atomic E-state index is 12.4. The molecule has 0 radical (unpaired) electrons. The molecule has 0 spiro atoms. The Kier molecular flexibility index (Phi) is 5.26. The fourth-order valence-corrected chi connectivity index (χ4v) is 2.50. The van der Waals surface area contributed by atoms with Crippen molar-refractivity contribution in [2.45, 2.75) is 15.7 Å². The van der Waals surface area contributed by atoms with Gasteiger partial charge in [-0.05, 0) is 23.4 Å². The Balaban J connectivity index is 3.46. The highest BCUT2D eigenvalue weighted by atomic mass is 79.9. The van der Waals surface area contributed by atoms with Gasteiger partial charge in [0.1, 0.15) is 6.07 Å². The summed E-state index contributed by atoms with van der Waals surface area (Å²) in [6, 6.07) is 4.16. The number of ether oxygens (including phenoxy) is 1. The monoisotopic (exact) mass is 353 g/mol. The van der Waals surface area contributed by atoms with Crippen LogP contribution in [0, 0.1) is 11.3 Å². The van der Waals surface area contributed by atoms with Crippen LogP contribution in [0.15, 0.2) is 17.0 Å². The molecule has 1 rings (SSSR count). The fraction of sp³-hybridized carbons (Fsp3) is 0.273. The molecular formula is C11H7BrF3NO2S. The molecule has 0 atom stereocenters. The van der Waals surface area contributed by atoms with Gasteiger partial charge in [-0.3, -0.25) is 0 Å². The van der Waals surface area contributed by atoms with E-state index in [0.717, 1.165) is 7.11 Å². The standard InChI is InChI=1S/C11H7BrF3NO2S/c1-18-10(17)9-6(4-12)2-3-8(7(9)5-16)19-11(13,14)15/h2-3H,4H2,1H3. The molecule has 0 amide bonds. The first kappa shape index (κ1) is 15.9. The highest BCUT2D eigenvalue weighted by Gasteiger charge is 2.32. The third kappa shape index (κ3) is 3.88. The zero-order valence-corrected chi connectivity index (χ0v) is 11.9. The van der Waals surface area contributed by atoms with Crippen molar-refractivity contribution in [1.29, 1.82) is 5.26 Å². The number of rotatable bonds is 3. The summed E-state index contributed by atoms with van der Waals surface area (Å²) in [6.45, 7) is 0. The van der Waals surface area contributed by atoms with Gasteiger partial charge in [0.15, 0.2) is 0 Å². The Labute approximate surface area is 119 Å². The van der Waals surface area contributed by atoms with Gasteiger partial charge in [-0.15, -0.1) is 0 Å². The molecule has 3 nitrogen and oxygen atoms in total. The second-order valence-corrected chi connectivity index (χ2v) is 4.93. The molecule has 1 aromatic rings. The van der Waals surface area contributed by atoms with Crippen molar-refractivity contribution < 1.29 is 22.7 Å². The molecule has 0 aliphatic heterocycles. The van der Waals surface area contributed by atoms with Crippen LogP contribution >= 0.6 is 27.7 Å². The van der Waals surface area contributed by atoms with E-state index in [1.807, 2.05) is 0 Å². The van der Waals surface area contributed by atoms with E-state index in [9.17, 15) is 18.0 Å². The predicted octanol–water partition coefficient (Wildman–Crippen LogP) is 3.85.